The minimum absolute atomic E-state index is 0.596. The Kier molecular flexibility index (Phi) is 3.92. The Labute approximate surface area is 106 Å². The number of aliphatic hydroxyl groups is 1. The van der Waals surface area contributed by atoms with Gasteiger partial charge in [0.2, 0.25) is 0 Å². The van der Waals surface area contributed by atoms with E-state index in [4.69, 9.17) is 4.42 Å². The van der Waals surface area contributed by atoms with Crippen molar-refractivity contribution in [1.82, 2.24) is 0 Å². The molecule has 0 bridgehead atoms. The molecule has 90 valence electrons. The summed E-state index contributed by atoms with van der Waals surface area (Å²) in [7, 11) is 0. The summed E-state index contributed by atoms with van der Waals surface area (Å²) in [5.74, 6) is 2.47. The first-order valence-corrected chi connectivity index (χ1v) is 6.66. The zero-order valence-electron chi connectivity index (χ0n) is 10.0. The number of aryl methyl sites for hydroxylation is 1. The van der Waals surface area contributed by atoms with Crippen LogP contribution in [0.5, 0.6) is 0 Å². The highest BCUT2D eigenvalue weighted by Crippen LogP contribution is 2.26. The zero-order valence-corrected chi connectivity index (χ0v) is 10.8. The average Bonchev–Trinajstić information content (AvgIpc) is 2.76. The van der Waals surface area contributed by atoms with Gasteiger partial charge in [-0.05, 0) is 42.5 Å². The van der Waals surface area contributed by atoms with Crippen LogP contribution < -0.4 is 0 Å². The Hall–Kier alpha value is -1.19. The summed E-state index contributed by atoms with van der Waals surface area (Å²) in [5.41, 5.74) is 0.861. The number of hydrogen-bond donors (Lipinski definition) is 1. The molecular formula is C14H16O2S. The Bertz CT molecular complexity index is 473. The summed E-state index contributed by atoms with van der Waals surface area (Å²) >= 11 is 1.79. The smallest absolute Gasteiger partial charge is 0.137 e. The van der Waals surface area contributed by atoms with E-state index in [0.717, 1.165) is 17.1 Å². The van der Waals surface area contributed by atoms with E-state index in [-0.39, 0.29) is 0 Å². The van der Waals surface area contributed by atoms with Crippen molar-refractivity contribution >= 4 is 11.8 Å². The Morgan fingerprint density at radius 3 is 2.41 bits per heavy atom. The summed E-state index contributed by atoms with van der Waals surface area (Å²) in [5, 5.41) is 10.1. The van der Waals surface area contributed by atoms with Crippen molar-refractivity contribution in [3.63, 3.8) is 0 Å². The van der Waals surface area contributed by atoms with Crippen molar-refractivity contribution in [2.45, 2.75) is 24.8 Å². The highest BCUT2D eigenvalue weighted by molar-refractivity contribution is 7.99. The maximum Gasteiger partial charge on any atom is 0.137 e. The van der Waals surface area contributed by atoms with E-state index < -0.39 is 6.10 Å². The second kappa shape index (κ2) is 5.43. The first-order chi connectivity index (χ1) is 8.20. The van der Waals surface area contributed by atoms with Crippen molar-refractivity contribution in [2.75, 3.05) is 5.75 Å². The number of furan rings is 1. The number of thioether (sulfide) groups is 1. The van der Waals surface area contributed by atoms with Crippen molar-refractivity contribution < 1.29 is 9.52 Å². The van der Waals surface area contributed by atoms with E-state index in [1.54, 1.807) is 11.8 Å². The minimum atomic E-state index is -0.677. The van der Waals surface area contributed by atoms with E-state index in [9.17, 15) is 5.11 Å². The lowest BCUT2D eigenvalue weighted by Crippen LogP contribution is -1.97. The number of benzene rings is 1. The van der Waals surface area contributed by atoms with E-state index in [2.05, 4.69) is 6.92 Å². The summed E-state index contributed by atoms with van der Waals surface area (Å²) in [4.78, 5) is 1.22. The second-order valence-electron chi connectivity index (χ2n) is 3.85. The molecule has 3 heteroatoms. The van der Waals surface area contributed by atoms with Gasteiger partial charge in [-0.2, -0.15) is 0 Å². The molecule has 2 rings (SSSR count). The van der Waals surface area contributed by atoms with Crippen LogP contribution in [0.25, 0.3) is 0 Å². The van der Waals surface area contributed by atoms with Gasteiger partial charge in [0.15, 0.2) is 0 Å². The van der Waals surface area contributed by atoms with Gasteiger partial charge in [0.1, 0.15) is 17.6 Å². The monoisotopic (exact) mass is 248 g/mol. The van der Waals surface area contributed by atoms with E-state index in [1.165, 1.54) is 4.90 Å². The van der Waals surface area contributed by atoms with Crippen molar-refractivity contribution in [1.29, 1.82) is 0 Å². The van der Waals surface area contributed by atoms with Gasteiger partial charge < -0.3 is 9.52 Å². The van der Waals surface area contributed by atoms with Gasteiger partial charge in [-0.3, -0.25) is 0 Å². The SMILES string of the molecule is CCSc1ccc(C(O)c2ccc(C)o2)cc1. The lowest BCUT2D eigenvalue weighted by molar-refractivity contribution is 0.187. The molecule has 17 heavy (non-hydrogen) atoms. The Morgan fingerprint density at radius 2 is 1.88 bits per heavy atom. The van der Waals surface area contributed by atoms with Gasteiger partial charge in [-0.15, -0.1) is 11.8 Å². The van der Waals surface area contributed by atoms with E-state index in [0.29, 0.717) is 5.76 Å². The normalized spacial score (nSPS) is 12.6. The van der Waals surface area contributed by atoms with Gasteiger partial charge in [0, 0.05) is 4.90 Å². The van der Waals surface area contributed by atoms with Gasteiger partial charge in [-0.1, -0.05) is 19.1 Å². The number of rotatable bonds is 4. The Morgan fingerprint density at radius 1 is 1.18 bits per heavy atom. The first-order valence-electron chi connectivity index (χ1n) is 5.68. The van der Waals surface area contributed by atoms with Crippen molar-refractivity contribution in [3.8, 4) is 0 Å². The van der Waals surface area contributed by atoms with Crippen LogP contribution in [0, 0.1) is 6.92 Å². The van der Waals surface area contributed by atoms with Crippen LogP contribution in [-0.2, 0) is 0 Å². The number of hydrogen-bond acceptors (Lipinski definition) is 3. The summed E-state index contributed by atoms with van der Waals surface area (Å²) in [6.45, 7) is 4.00. The van der Waals surface area contributed by atoms with Gasteiger partial charge in [0.25, 0.3) is 0 Å². The molecule has 1 heterocycles. The number of aliphatic hydroxyl groups excluding tert-OH is 1. The molecule has 1 aromatic carbocycles. The van der Waals surface area contributed by atoms with Crippen molar-refractivity contribution in [2.24, 2.45) is 0 Å². The van der Waals surface area contributed by atoms with Gasteiger partial charge >= 0.3 is 0 Å². The molecule has 1 aromatic heterocycles. The highest BCUT2D eigenvalue weighted by atomic mass is 32.2. The quantitative estimate of drug-likeness (QED) is 0.836. The maximum atomic E-state index is 10.1. The third kappa shape index (κ3) is 2.93. The molecule has 1 N–H and O–H groups in total. The predicted molar refractivity (Wildman–Crippen MR) is 70.3 cm³/mol. The molecule has 0 aliphatic carbocycles. The van der Waals surface area contributed by atoms with Gasteiger partial charge in [0.05, 0.1) is 0 Å². The van der Waals surface area contributed by atoms with E-state index >= 15 is 0 Å². The molecule has 2 aromatic rings. The summed E-state index contributed by atoms with van der Waals surface area (Å²) < 4.78 is 5.42. The van der Waals surface area contributed by atoms with Crippen LogP contribution in [0.4, 0.5) is 0 Å². The first kappa shape index (κ1) is 12.3. The lowest BCUT2D eigenvalue weighted by Gasteiger charge is -2.08. The third-order valence-corrected chi connectivity index (χ3v) is 3.43. The fourth-order valence-corrected chi connectivity index (χ4v) is 2.34. The van der Waals surface area contributed by atoms with Crippen LogP contribution in [-0.4, -0.2) is 10.9 Å². The topological polar surface area (TPSA) is 33.4 Å². The van der Waals surface area contributed by atoms with Crippen LogP contribution in [0.3, 0.4) is 0 Å². The standard InChI is InChI=1S/C14H16O2S/c1-3-17-12-7-5-11(6-8-12)14(15)13-9-4-10(2)16-13/h4-9,14-15H,3H2,1-2H3. The molecule has 2 nitrogen and oxygen atoms in total. The molecular weight excluding hydrogens is 232 g/mol. The summed E-state index contributed by atoms with van der Waals surface area (Å²) in [6.07, 6.45) is -0.677. The minimum Gasteiger partial charge on any atom is -0.463 e. The molecule has 0 saturated heterocycles. The summed E-state index contributed by atoms with van der Waals surface area (Å²) in [6, 6.07) is 11.6. The fourth-order valence-electron chi connectivity index (χ4n) is 1.68. The van der Waals surface area contributed by atoms with Crippen molar-refractivity contribution in [3.05, 3.63) is 53.5 Å². The molecule has 0 saturated carbocycles. The molecule has 0 aliphatic heterocycles. The average molecular weight is 248 g/mol. The molecule has 0 spiro atoms. The predicted octanol–water partition coefficient (Wildman–Crippen LogP) is 3.78. The van der Waals surface area contributed by atoms with Crippen LogP contribution in [0.15, 0.2) is 45.7 Å². The fraction of sp³-hybridized carbons (Fsp3) is 0.286. The maximum absolute atomic E-state index is 10.1. The highest BCUT2D eigenvalue weighted by Gasteiger charge is 2.13. The van der Waals surface area contributed by atoms with Crippen LogP contribution in [0.1, 0.15) is 30.1 Å². The van der Waals surface area contributed by atoms with Gasteiger partial charge in [-0.25, -0.2) is 0 Å². The van der Waals surface area contributed by atoms with Crippen LogP contribution >= 0.6 is 11.8 Å². The third-order valence-electron chi connectivity index (χ3n) is 2.54. The molecule has 0 amide bonds. The molecule has 1 atom stereocenters. The molecule has 0 aliphatic rings. The molecule has 1 unspecified atom stereocenters. The Balaban J connectivity index is 2.16. The second-order valence-corrected chi connectivity index (χ2v) is 5.19. The van der Waals surface area contributed by atoms with E-state index in [1.807, 2.05) is 43.3 Å². The largest absolute Gasteiger partial charge is 0.463 e. The molecule has 0 fully saturated rings. The molecule has 0 radical (unpaired) electrons. The lowest BCUT2D eigenvalue weighted by atomic mass is 10.1. The van der Waals surface area contributed by atoms with Crippen LogP contribution in [0.2, 0.25) is 0 Å². The zero-order chi connectivity index (χ0) is 12.3.